The van der Waals surface area contributed by atoms with E-state index in [1.807, 2.05) is 6.92 Å². The van der Waals surface area contributed by atoms with Gasteiger partial charge in [-0.15, -0.1) is 6.20 Å². The van der Waals surface area contributed by atoms with Crippen molar-refractivity contribution in [2.24, 2.45) is 0 Å². The third-order valence-electron chi connectivity index (χ3n) is 0.578. The fourth-order valence-corrected chi connectivity index (χ4v) is 0.298. The summed E-state index contributed by atoms with van der Waals surface area (Å²) < 4.78 is 0. The van der Waals surface area contributed by atoms with Gasteiger partial charge in [0.25, 0.3) is 0 Å². The van der Waals surface area contributed by atoms with Crippen LogP contribution in [0.2, 0.25) is 0 Å². The van der Waals surface area contributed by atoms with Crippen LogP contribution in [-0.4, -0.2) is 9.97 Å². The molecule has 1 heterocycles. The monoisotopic (exact) mass is 170 g/mol. The van der Waals surface area contributed by atoms with Gasteiger partial charge in [-0.1, -0.05) is 18.9 Å². The molecule has 0 spiro atoms. The third-order valence-corrected chi connectivity index (χ3v) is 0.578. The zero-order valence-corrected chi connectivity index (χ0v) is 6.94. The van der Waals surface area contributed by atoms with Gasteiger partial charge in [-0.2, -0.15) is 0 Å². The van der Waals surface area contributed by atoms with Crippen LogP contribution < -0.4 is 0 Å². The van der Waals surface area contributed by atoms with Crippen LogP contribution in [0.3, 0.4) is 0 Å². The molecule has 0 aliphatic rings. The maximum absolute atomic E-state index is 3.74. The van der Waals surface area contributed by atoms with E-state index in [0.29, 0.717) is 0 Å². The average Bonchev–Trinajstić information content (AvgIpc) is 1.86. The van der Waals surface area contributed by atoms with Crippen molar-refractivity contribution in [3.8, 4) is 0 Å². The molecule has 1 radical (unpaired) electrons. The van der Waals surface area contributed by atoms with Gasteiger partial charge in [0.2, 0.25) is 0 Å². The van der Waals surface area contributed by atoms with Gasteiger partial charge in [0.1, 0.15) is 0 Å². The number of aryl methyl sites for hydroxylation is 1. The summed E-state index contributed by atoms with van der Waals surface area (Å²) in [6, 6.07) is 0. The summed E-state index contributed by atoms with van der Waals surface area (Å²) in [5.74, 6) is 0.912. The number of nitrogens with one attached hydrogen (secondary N) is 1. The van der Waals surface area contributed by atoms with Crippen LogP contribution in [0.4, 0.5) is 0 Å². The number of rotatable bonds is 0. The van der Waals surface area contributed by atoms with E-state index in [2.05, 4.69) is 16.2 Å². The Morgan fingerprint density at radius 2 is 2.57 bits per heavy atom. The van der Waals surface area contributed by atoms with E-state index in [1.165, 1.54) is 0 Å². The smallest absolute Gasteiger partial charge is 0 e. The molecule has 0 saturated carbocycles. The first-order valence-electron chi connectivity index (χ1n) is 1.77. The predicted octanol–water partition coefficient (Wildman–Crippen LogP) is 0.516. The fraction of sp³-hybridized carbons (Fsp3) is 0.250. The molecule has 1 rings (SSSR count). The first-order valence-corrected chi connectivity index (χ1v) is 1.77. The van der Waals surface area contributed by atoms with E-state index in [4.69, 9.17) is 0 Å². The molecule has 0 fully saturated rings. The summed E-state index contributed by atoms with van der Waals surface area (Å²) in [6.07, 6.45) is 4.30. The quantitative estimate of drug-likeness (QED) is 0.564. The molecular formula is C4H5N2Y-. The van der Waals surface area contributed by atoms with Gasteiger partial charge in [-0.3, -0.25) is 0 Å². The average molecular weight is 170 g/mol. The number of hydrogen-bond acceptors (Lipinski definition) is 1. The van der Waals surface area contributed by atoms with Gasteiger partial charge in [0.15, 0.2) is 0 Å². The number of aromatic nitrogens is 2. The van der Waals surface area contributed by atoms with Crippen LogP contribution in [0.25, 0.3) is 0 Å². The maximum atomic E-state index is 3.74. The van der Waals surface area contributed by atoms with Crippen LogP contribution >= 0.6 is 0 Å². The molecule has 2 nitrogen and oxygen atoms in total. The summed E-state index contributed by atoms with van der Waals surface area (Å²) in [5, 5.41) is 0. The molecule has 0 aliphatic heterocycles. The van der Waals surface area contributed by atoms with Gasteiger partial charge < -0.3 is 9.97 Å². The second kappa shape index (κ2) is 3.33. The molecule has 1 aromatic rings. The van der Waals surface area contributed by atoms with Crippen molar-refractivity contribution in [3.05, 3.63) is 18.2 Å². The second-order valence-corrected chi connectivity index (χ2v) is 1.11. The molecule has 35 valence electrons. The molecule has 0 unspecified atom stereocenters. The number of imidazole rings is 1. The van der Waals surface area contributed by atoms with E-state index >= 15 is 0 Å². The summed E-state index contributed by atoms with van der Waals surface area (Å²) in [7, 11) is 0. The minimum atomic E-state index is 0. The van der Waals surface area contributed by atoms with Gasteiger partial charge >= 0.3 is 0 Å². The Hall–Kier alpha value is 0.314. The van der Waals surface area contributed by atoms with Crippen molar-refractivity contribution in [1.29, 1.82) is 0 Å². The fourth-order valence-electron chi connectivity index (χ4n) is 0.298. The Balaban J connectivity index is 0.000000360. The molecule has 0 aromatic carbocycles. The Morgan fingerprint density at radius 3 is 2.71 bits per heavy atom. The van der Waals surface area contributed by atoms with E-state index in [-0.39, 0.29) is 32.7 Å². The zero-order chi connectivity index (χ0) is 4.41. The molecule has 0 saturated heterocycles. The van der Waals surface area contributed by atoms with E-state index in [1.54, 1.807) is 6.20 Å². The van der Waals surface area contributed by atoms with Crippen molar-refractivity contribution in [2.75, 3.05) is 0 Å². The van der Waals surface area contributed by atoms with Crippen LogP contribution in [0.15, 0.2) is 6.20 Å². The Kier molecular flexibility index (Phi) is 3.48. The van der Waals surface area contributed by atoms with Crippen molar-refractivity contribution >= 4 is 0 Å². The number of hydrogen-bond donors (Lipinski definition) is 1. The summed E-state index contributed by atoms with van der Waals surface area (Å²) in [4.78, 5) is 6.57. The van der Waals surface area contributed by atoms with Crippen LogP contribution in [0, 0.1) is 13.1 Å². The van der Waals surface area contributed by atoms with Crippen molar-refractivity contribution < 1.29 is 32.7 Å². The minimum absolute atomic E-state index is 0. The Morgan fingerprint density at radius 1 is 1.86 bits per heavy atom. The van der Waals surface area contributed by atoms with Gasteiger partial charge in [0, 0.05) is 32.7 Å². The minimum Gasteiger partial charge on any atom is -0.442 e. The summed E-state index contributed by atoms with van der Waals surface area (Å²) in [6.45, 7) is 1.89. The van der Waals surface area contributed by atoms with Gasteiger partial charge in [-0.25, -0.2) is 0 Å². The molecule has 0 bridgehead atoms. The Labute approximate surface area is 67.6 Å². The second-order valence-electron chi connectivity index (χ2n) is 1.11. The molecular weight excluding hydrogens is 165 g/mol. The standard InChI is InChI=1S/C4H5N2.Y/c1-4-5-2-3-6-4;/h2H,1H3,(H,5,6);/q-1;. The third kappa shape index (κ3) is 2.20. The summed E-state index contributed by atoms with van der Waals surface area (Å²) in [5.41, 5.74) is 0. The summed E-state index contributed by atoms with van der Waals surface area (Å²) >= 11 is 0. The largest absolute Gasteiger partial charge is 0.442 e. The van der Waals surface area contributed by atoms with Crippen LogP contribution in [0.1, 0.15) is 5.82 Å². The molecule has 0 amide bonds. The maximum Gasteiger partial charge on any atom is 0 e. The normalized spacial score (nSPS) is 7.57. The first kappa shape index (κ1) is 7.31. The van der Waals surface area contributed by atoms with E-state index in [0.717, 1.165) is 5.82 Å². The molecule has 1 N–H and O–H groups in total. The number of H-pyrrole nitrogens is 1. The first-order chi connectivity index (χ1) is 2.89. The molecule has 7 heavy (non-hydrogen) atoms. The SMILES string of the molecule is Cc1n[c-]c[nH]1.[Y]. The predicted molar refractivity (Wildman–Crippen MR) is 22.2 cm³/mol. The van der Waals surface area contributed by atoms with Crippen molar-refractivity contribution in [3.63, 3.8) is 0 Å². The zero-order valence-electron chi connectivity index (χ0n) is 4.10. The van der Waals surface area contributed by atoms with Gasteiger partial charge in [-0.05, 0) is 0 Å². The van der Waals surface area contributed by atoms with E-state index < -0.39 is 0 Å². The molecule has 3 heteroatoms. The van der Waals surface area contributed by atoms with E-state index in [9.17, 15) is 0 Å². The van der Waals surface area contributed by atoms with Crippen molar-refractivity contribution in [1.82, 2.24) is 9.97 Å². The molecule has 0 atom stereocenters. The Bertz CT molecular complexity index is 113. The molecule has 0 aliphatic carbocycles. The topological polar surface area (TPSA) is 28.7 Å². The van der Waals surface area contributed by atoms with Crippen molar-refractivity contribution in [2.45, 2.75) is 6.92 Å². The van der Waals surface area contributed by atoms with Crippen LogP contribution in [0.5, 0.6) is 0 Å². The van der Waals surface area contributed by atoms with Gasteiger partial charge in [0.05, 0.1) is 0 Å². The molecule has 1 aromatic heterocycles. The number of nitrogens with zero attached hydrogens (tertiary/aromatic N) is 1. The van der Waals surface area contributed by atoms with Crippen LogP contribution in [-0.2, 0) is 32.7 Å². The number of aromatic amines is 1.